The number of anilines is 2. The lowest BCUT2D eigenvalue weighted by atomic mass is 9.57. The van der Waals surface area contributed by atoms with E-state index in [0.29, 0.717) is 38.4 Å². The predicted molar refractivity (Wildman–Crippen MR) is 150 cm³/mol. The number of aryl methyl sites for hydroxylation is 1. The first-order chi connectivity index (χ1) is 19.6. The largest absolute Gasteiger partial charge is 0.494 e. The number of hydrogen-bond acceptors (Lipinski definition) is 6. The summed E-state index contributed by atoms with van der Waals surface area (Å²) in [4.78, 5) is 5.85. The molecular formula is C30H35F4N5O2. The average Bonchev–Trinajstić information content (AvgIpc) is 2.99. The number of ether oxygens (including phenoxy) is 2. The van der Waals surface area contributed by atoms with Crippen LogP contribution in [0, 0.1) is 35.8 Å². The van der Waals surface area contributed by atoms with Crippen molar-refractivity contribution in [1.82, 2.24) is 4.90 Å². The van der Waals surface area contributed by atoms with E-state index in [0.717, 1.165) is 41.6 Å². The topological polar surface area (TPSA) is 52.9 Å². The van der Waals surface area contributed by atoms with E-state index >= 15 is 0 Å². The Bertz CT molecular complexity index is 1350. The van der Waals surface area contributed by atoms with Gasteiger partial charge in [-0.2, -0.15) is 5.10 Å². The van der Waals surface area contributed by atoms with Gasteiger partial charge < -0.3 is 19.3 Å². The maximum absolute atomic E-state index is 14.9. The number of halogens is 4. The molecule has 7 nitrogen and oxygen atoms in total. The number of hydrogen-bond donors (Lipinski definition) is 0. The highest BCUT2D eigenvalue weighted by Crippen LogP contribution is 2.54. The zero-order valence-electron chi connectivity index (χ0n) is 23.4. The summed E-state index contributed by atoms with van der Waals surface area (Å²) in [6, 6.07) is 8.39. The summed E-state index contributed by atoms with van der Waals surface area (Å²) in [6.07, 6.45) is 1.66. The summed E-state index contributed by atoms with van der Waals surface area (Å²) in [5.41, 5.74) is 3.33. The Hall–Kier alpha value is -3.18. The predicted octanol–water partition coefficient (Wildman–Crippen LogP) is 5.12. The smallest absolute Gasteiger partial charge is 0.267 e. The molecule has 2 saturated heterocycles. The maximum atomic E-state index is 14.9. The lowest BCUT2D eigenvalue weighted by Crippen LogP contribution is -2.64. The molecule has 0 unspecified atom stereocenters. The fraction of sp³-hybridized carbons (Fsp3) is 0.533. The maximum Gasteiger partial charge on any atom is 0.267 e. The highest BCUT2D eigenvalue weighted by molar-refractivity contribution is 6.01. The molecule has 0 bridgehead atoms. The monoisotopic (exact) mass is 573 g/mol. The third-order valence-corrected chi connectivity index (χ3v) is 9.02. The van der Waals surface area contributed by atoms with Crippen LogP contribution in [-0.4, -0.2) is 76.4 Å². The summed E-state index contributed by atoms with van der Waals surface area (Å²) in [5, 5.41) is 8.36. The Labute approximate surface area is 237 Å². The molecule has 41 heavy (non-hydrogen) atoms. The van der Waals surface area contributed by atoms with Gasteiger partial charge in [0.1, 0.15) is 11.7 Å². The van der Waals surface area contributed by atoms with Gasteiger partial charge in [-0.05, 0) is 31.4 Å². The van der Waals surface area contributed by atoms with Crippen LogP contribution >= 0.6 is 0 Å². The fourth-order valence-corrected chi connectivity index (χ4v) is 6.77. The molecule has 0 atom stereocenters. The van der Waals surface area contributed by atoms with E-state index in [9.17, 15) is 17.6 Å². The molecule has 2 aromatic carbocycles. The van der Waals surface area contributed by atoms with Crippen LogP contribution in [0.4, 0.5) is 28.9 Å². The molecule has 2 aromatic rings. The van der Waals surface area contributed by atoms with E-state index in [1.165, 1.54) is 13.2 Å². The quantitative estimate of drug-likeness (QED) is 0.199. The number of rotatable bonds is 7. The molecule has 1 aliphatic carbocycles. The summed E-state index contributed by atoms with van der Waals surface area (Å²) in [7, 11) is 1.36. The Kier molecular flexibility index (Phi) is 7.22. The second-order valence-electron chi connectivity index (χ2n) is 12.0. The Morgan fingerprint density at radius 1 is 1.10 bits per heavy atom. The molecule has 0 N–H and O–H groups in total. The highest BCUT2D eigenvalue weighted by atomic mass is 19.3. The molecule has 220 valence electrons. The first-order valence-electron chi connectivity index (χ1n) is 14.0. The van der Waals surface area contributed by atoms with Crippen molar-refractivity contribution < 1.29 is 27.0 Å². The Balaban J connectivity index is 1.17. The standard InChI is InChI=1S/C30H35F4N5O2/c1-19-4-5-25-20(8-19)13-37(18-30(33,34)22-14-41-15-22)6-7-39(25)28(36-35-2)21-11-29(12-21)16-38(17-29)26-10-27(40-3)24(32)9-23(26)31/h4-5,8-10,21-22H,2,6-7,11-18H2,1,3H3/b36-28-. The van der Waals surface area contributed by atoms with E-state index in [2.05, 4.69) is 27.9 Å². The van der Waals surface area contributed by atoms with Crippen LogP contribution in [0.5, 0.6) is 5.75 Å². The van der Waals surface area contributed by atoms with E-state index in [-0.39, 0.29) is 36.8 Å². The van der Waals surface area contributed by atoms with Crippen molar-refractivity contribution in [2.75, 3.05) is 62.8 Å². The molecule has 0 amide bonds. The third-order valence-electron chi connectivity index (χ3n) is 9.02. The van der Waals surface area contributed by atoms with Gasteiger partial charge in [-0.3, -0.25) is 4.90 Å². The van der Waals surface area contributed by atoms with Crippen molar-refractivity contribution in [2.45, 2.75) is 32.2 Å². The molecule has 6 rings (SSSR count). The van der Waals surface area contributed by atoms with Crippen molar-refractivity contribution >= 4 is 23.9 Å². The zero-order valence-corrected chi connectivity index (χ0v) is 23.4. The van der Waals surface area contributed by atoms with E-state index in [1.54, 1.807) is 0 Å². The molecule has 1 saturated carbocycles. The van der Waals surface area contributed by atoms with Crippen LogP contribution < -0.4 is 14.5 Å². The third kappa shape index (κ3) is 5.18. The number of amidine groups is 1. The number of alkyl halides is 2. The second kappa shape index (κ2) is 10.6. The number of methoxy groups -OCH3 is 1. The van der Waals surface area contributed by atoms with Crippen LogP contribution in [0.2, 0.25) is 0 Å². The van der Waals surface area contributed by atoms with Gasteiger partial charge in [0.2, 0.25) is 0 Å². The van der Waals surface area contributed by atoms with Gasteiger partial charge in [0.25, 0.3) is 5.92 Å². The Morgan fingerprint density at radius 2 is 1.85 bits per heavy atom. The minimum absolute atomic E-state index is 0.00155. The van der Waals surface area contributed by atoms with Gasteiger partial charge in [0.05, 0.1) is 38.5 Å². The molecular weight excluding hydrogens is 538 g/mol. The van der Waals surface area contributed by atoms with Crippen LogP contribution in [0.3, 0.4) is 0 Å². The lowest BCUT2D eigenvalue weighted by Gasteiger charge is -2.60. The van der Waals surface area contributed by atoms with Crippen molar-refractivity contribution in [3.05, 3.63) is 53.1 Å². The first kappa shape index (κ1) is 28.0. The molecule has 1 spiro atoms. The van der Waals surface area contributed by atoms with Gasteiger partial charge in [-0.25, -0.2) is 17.6 Å². The van der Waals surface area contributed by atoms with Crippen LogP contribution in [0.25, 0.3) is 0 Å². The molecule has 0 aromatic heterocycles. The molecule has 3 heterocycles. The molecule has 4 aliphatic rings. The van der Waals surface area contributed by atoms with E-state index < -0.39 is 23.5 Å². The highest BCUT2D eigenvalue weighted by Gasteiger charge is 2.55. The Morgan fingerprint density at radius 3 is 2.51 bits per heavy atom. The van der Waals surface area contributed by atoms with Gasteiger partial charge in [0, 0.05) is 68.6 Å². The van der Waals surface area contributed by atoms with Crippen molar-refractivity contribution in [2.24, 2.45) is 27.5 Å². The van der Waals surface area contributed by atoms with Gasteiger partial charge >= 0.3 is 0 Å². The van der Waals surface area contributed by atoms with Crippen LogP contribution in [-0.2, 0) is 11.3 Å². The van der Waals surface area contributed by atoms with Gasteiger partial charge in [-0.1, -0.05) is 17.7 Å². The summed E-state index contributed by atoms with van der Waals surface area (Å²) < 4.78 is 68.4. The van der Waals surface area contributed by atoms with Gasteiger partial charge in [-0.15, -0.1) is 5.10 Å². The number of benzene rings is 2. The molecule has 0 radical (unpaired) electrons. The zero-order chi connectivity index (χ0) is 28.9. The van der Waals surface area contributed by atoms with Crippen molar-refractivity contribution in [3.63, 3.8) is 0 Å². The summed E-state index contributed by atoms with van der Waals surface area (Å²) in [6.45, 7) is 8.15. The minimum Gasteiger partial charge on any atom is -0.494 e. The molecule has 3 aliphatic heterocycles. The van der Waals surface area contributed by atoms with E-state index in [1.807, 2.05) is 28.9 Å². The number of nitrogens with zero attached hydrogens (tertiary/aromatic N) is 5. The lowest BCUT2D eigenvalue weighted by molar-refractivity contribution is -0.178. The summed E-state index contributed by atoms with van der Waals surface area (Å²) in [5.74, 6) is -3.99. The second-order valence-corrected chi connectivity index (χ2v) is 12.0. The van der Waals surface area contributed by atoms with E-state index in [4.69, 9.17) is 9.47 Å². The fourth-order valence-electron chi connectivity index (χ4n) is 6.77. The first-order valence-corrected chi connectivity index (χ1v) is 14.0. The molecule has 3 fully saturated rings. The number of fused-ring (bicyclic) bond motifs is 1. The SMILES string of the molecule is C=N/N=C(/C1CC2(C1)CN(c1cc(OC)c(F)cc1F)C2)N1CCN(CC(F)(F)C2COC2)Cc2cc(C)ccc21. The average molecular weight is 574 g/mol. The van der Waals surface area contributed by atoms with Crippen LogP contribution in [0.15, 0.2) is 40.5 Å². The van der Waals surface area contributed by atoms with Gasteiger partial charge in [0.15, 0.2) is 11.6 Å². The molecule has 11 heteroatoms. The summed E-state index contributed by atoms with van der Waals surface area (Å²) >= 11 is 0. The van der Waals surface area contributed by atoms with Crippen molar-refractivity contribution in [3.8, 4) is 5.75 Å². The van der Waals surface area contributed by atoms with Crippen molar-refractivity contribution in [1.29, 1.82) is 0 Å². The minimum atomic E-state index is -2.82. The van der Waals surface area contributed by atoms with Crippen LogP contribution in [0.1, 0.15) is 24.0 Å². The normalized spacial score (nSPS) is 21.6.